The van der Waals surface area contributed by atoms with Gasteiger partial charge in [-0.25, -0.2) is 15.0 Å². The Morgan fingerprint density at radius 2 is 2.03 bits per heavy atom. The molecule has 0 aliphatic carbocycles. The minimum atomic E-state index is -0.947. The number of rotatable bonds is 6. The maximum atomic E-state index is 12.1. The van der Waals surface area contributed by atoms with E-state index >= 15 is 0 Å². The van der Waals surface area contributed by atoms with Gasteiger partial charge < -0.3 is 29.8 Å². The fourth-order valence-electron chi connectivity index (χ4n) is 4.31. The molecule has 34 heavy (non-hydrogen) atoms. The van der Waals surface area contributed by atoms with Crippen molar-refractivity contribution in [3.05, 3.63) is 22.0 Å². The molecule has 3 N–H and O–H groups in total. The van der Waals surface area contributed by atoms with E-state index in [1.165, 1.54) is 13.3 Å². The van der Waals surface area contributed by atoms with E-state index in [-0.39, 0.29) is 12.7 Å². The molecule has 0 unspecified atom stereocenters. The zero-order valence-electron chi connectivity index (χ0n) is 18.6. The van der Waals surface area contributed by atoms with Gasteiger partial charge in [0.1, 0.15) is 12.4 Å². The molecule has 180 valence electrons. The number of aromatic nitrogens is 4. The third-order valence-electron chi connectivity index (χ3n) is 6.20. The number of benzene rings is 1. The number of aliphatic hydroxyl groups is 1. The summed E-state index contributed by atoms with van der Waals surface area (Å²) in [5.74, 6) is 2.11. The Bertz CT molecular complexity index is 1230. The van der Waals surface area contributed by atoms with Gasteiger partial charge in [0.25, 0.3) is 5.91 Å². The summed E-state index contributed by atoms with van der Waals surface area (Å²) in [6, 6.07) is 3.94. The van der Waals surface area contributed by atoms with E-state index in [4.69, 9.17) is 20.2 Å². The molecule has 0 radical (unpaired) electrons. The first kappa shape index (κ1) is 23.4. The number of halogens is 1. The van der Waals surface area contributed by atoms with Gasteiger partial charge in [0, 0.05) is 28.1 Å². The molecule has 4 heterocycles. The quantitative estimate of drug-likeness (QED) is 0.411. The summed E-state index contributed by atoms with van der Waals surface area (Å²) in [6.07, 6.45) is 3.26. The molecule has 1 fully saturated rings. The first-order valence-corrected chi connectivity index (χ1v) is 13.0. The summed E-state index contributed by atoms with van der Waals surface area (Å²) < 4.78 is 14.2. The van der Waals surface area contributed by atoms with E-state index in [2.05, 4.69) is 37.1 Å². The highest BCUT2D eigenvalue weighted by atomic mass is 131. The number of imidazole rings is 1. The maximum Gasteiger partial charge on any atom is 0.251 e. The summed E-state index contributed by atoms with van der Waals surface area (Å²) in [6.45, 7) is 3.82. The lowest BCUT2D eigenvalue weighted by molar-refractivity contribution is -0.140. The van der Waals surface area contributed by atoms with Gasteiger partial charge in [-0.3, -0.25) is 4.79 Å². The lowest BCUT2D eigenvalue weighted by Gasteiger charge is -2.32. The van der Waals surface area contributed by atoms with Gasteiger partial charge in [-0.1, -0.05) is 11.8 Å². The molecule has 2 aromatic heterocycles. The van der Waals surface area contributed by atoms with E-state index in [0.29, 0.717) is 36.0 Å². The summed E-state index contributed by atoms with van der Waals surface area (Å²) in [5.41, 5.74) is 7.42. The summed E-state index contributed by atoms with van der Waals surface area (Å²) in [7, 11) is 0. The lowest BCUT2D eigenvalue weighted by Crippen LogP contribution is -2.43. The van der Waals surface area contributed by atoms with Crippen molar-refractivity contribution in [2.45, 2.75) is 48.9 Å². The van der Waals surface area contributed by atoms with Gasteiger partial charge in [-0.2, -0.15) is 0 Å². The Hall–Kier alpha value is -2.32. The molecule has 10 nitrogen and oxygen atoms in total. The molecule has 2 aliphatic rings. The molecule has 2 aliphatic heterocycles. The van der Waals surface area contributed by atoms with Crippen molar-refractivity contribution in [3.63, 3.8) is 0 Å². The van der Waals surface area contributed by atoms with E-state index in [9.17, 15) is 9.90 Å². The molecule has 1 amide bonds. The van der Waals surface area contributed by atoms with Gasteiger partial charge >= 0.3 is 0 Å². The minimum Gasteiger partial charge on any atom is -0.454 e. The molecular weight excluding hydrogens is 575 g/mol. The second-order valence-electron chi connectivity index (χ2n) is 8.45. The number of hydrogen-bond donors (Lipinski definition) is 2. The van der Waals surface area contributed by atoms with Crippen LogP contribution in [0.3, 0.4) is 0 Å². The van der Waals surface area contributed by atoms with Crippen LogP contribution < -0.4 is 15.2 Å². The molecule has 0 spiro atoms. The number of aryl methyl sites for hydroxylation is 1. The Labute approximate surface area is 214 Å². The lowest BCUT2D eigenvalue weighted by atomic mass is 9.93. The molecule has 3 aromatic rings. The number of carbonyl (C=O) groups is 1. The number of fused-ring (bicyclic) bond motifs is 2. The van der Waals surface area contributed by atoms with Crippen LogP contribution in [0.25, 0.3) is 11.2 Å². The highest BCUT2D eigenvalue weighted by molar-refractivity contribution is 14.1. The van der Waals surface area contributed by atoms with Crippen LogP contribution in [0.5, 0.6) is 11.5 Å². The number of hydrogen-bond acceptors (Lipinski definition) is 9. The highest BCUT2D eigenvalue weighted by Crippen LogP contribution is 2.41. The number of ether oxygens (including phenoxy) is 2. The number of likely N-dealkylation sites (tertiary alicyclic amines) is 1. The fourth-order valence-corrected chi connectivity index (χ4v) is 6.02. The topological polar surface area (TPSA) is 129 Å². The number of nitrogens with zero attached hydrogens (tertiary/aromatic N) is 5. The standard InChI is InChI=1S/C22H25IN6O4S/c1-12(30)21(31)28-5-2-13(3-6-28)4-7-29-20-18(19(24)25-10-26-20)27-22(29)34-17-9-16-15(8-14(17)23)32-11-33-16/h8-10,12-13,30H,2-7,11H2,1H3,(H2,24,25,26)/t12-/m0/s1/i23+4. The van der Waals surface area contributed by atoms with E-state index in [1.807, 2.05) is 12.1 Å². The molecule has 12 heteroatoms. The third-order valence-corrected chi connectivity index (χ3v) is 8.51. The SMILES string of the molecule is C[C@H](O)C(=O)N1CCC(CCn2c(Sc3cc4c(cc3[131I])OCO4)nc3c(N)ncnc32)CC1. The Morgan fingerprint density at radius 1 is 1.29 bits per heavy atom. The minimum absolute atomic E-state index is 0.191. The number of nitrogen functional groups attached to an aromatic ring is 1. The molecular formula is C22H25IN6O4S. The largest absolute Gasteiger partial charge is 0.454 e. The second-order valence-corrected chi connectivity index (χ2v) is 10.6. The Morgan fingerprint density at radius 3 is 2.76 bits per heavy atom. The van der Waals surface area contributed by atoms with E-state index in [1.54, 1.807) is 16.7 Å². The number of nitrogens with two attached hydrogens (primary N) is 1. The number of aliphatic hydroxyl groups excluding tert-OH is 1. The van der Waals surface area contributed by atoms with Crippen molar-refractivity contribution in [1.29, 1.82) is 0 Å². The molecule has 0 saturated carbocycles. The zero-order chi connectivity index (χ0) is 23.8. The van der Waals surface area contributed by atoms with E-state index < -0.39 is 6.10 Å². The number of amides is 1. The van der Waals surface area contributed by atoms with Crippen LogP contribution in [-0.2, 0) is 11.3 Å². The van der Waals surface area contributed by atoms with Gasteiger partial charge in [0.05, 0.1) is 0 Å². The van der Waals surface area contributed by atoms with Crippen LogP contribution in [0.4, 0.5) is 5.82 Å². The average Bonchev–Trinajstić information content (AvgIpc) is 3.42. The van der Waals surface area contributed by atoms with Gasteiger partial charge in [0.15, 0.2) is 33.6 Å². The van der Waals surface area contributed by atoms with Crippen molar-refractivity contribution in [1.82, 2.24) is 24.4 Å². The first-order valence-electron chi connectivity index (χ1n) is 11.1. The zero-order valence-corrected chi connectivity index (χ0v) is 21.6. The van der Waals surface area contributed by atoms with E-state index in [0.717, 1.165) is 50.9 Å². The highest BCUT2D eigenvalue weighted by Gasteiger charge is 2.26. The number of carbonyl (C=O) groups excluding carboxylic acids is 1. The average molecular weight is 600 g/mol. The van der Waals surface area contributed by atoms with Crippen molar-refractivity contribution in [2.24, 2.45) is 5.92 Å². The fraction of sp³-hybridized carbons (Fsp3) is 0.455. The monoisotopic (exact) mass is 600 g/mol. The number of piperidine rings is 1. The summed E-state index contributed by atoms with van der Waals surface area (Å²) in [5, 5.41) is 10.4. The molecule has 1 atom stereocenters. The van der Waals surface area contributed by atoms with Crippen LogP contribution in [0.2, 0.25) is 0 Å². The Balaban J connectivity index is 1.36. The van der Waals surface area contributed by atoms with Gasteiger partial charge in [0.2, 0.25) is 6.79 Å². The Kier molecular flexibility index (Phi) is 6.71. The molecule has 0 bridgehead atoms. The van der Waals surface area contributed by atoms with Gasteiger partial charge in [-0.05, 0) is 66.8 Å². The van der Waals surface area contributed by atoms with Crippen LogP contribution in [-0.4, -0.2) is 61.4 Å². The first-order chi connectivity index (χ1) is 16.4. The summed E-state index contributed by atoms with van der Waals surface area (Å²) >= 11 is 3.83. The molecule has 5 rings (SSSR count). The normalized spacial score (nSPS) is 16.9. The summed E-state index contributed by atoms with van der Waals surface area (Å²) in [4.78, 5) is 28.2. The molecule has 1 aromatic carbocycles. The van der Waals surface area contributed by atoms with Crippen molar-refractivity contribution >= 4 is 57.2 Å². The number of anilines is 1. The predicted molar refractivity (Wildman–Crippen MR) is 135 cm³/mol. The van der Waals surface area contributed by atoms with Crippen molar-refractivity contribution in [2.75, 3.05) is 25.6 Å². The second kappa shape index (κ2) is 9.74. The van der Waals surface area contributed by atoms with Crippen LogP contribution >= 0.6 is 34.4 Å². The van der Waals surface area contributed by atoms with Crippen molar-refractivity contribution < 1.29 is 19.4 Å². The predicted octanol–water partition coefficient (Wildman–Crippen LogP) is 2.90. The van der Waals surface area contributed by atoms with Crippen LogP contribution in [0.1, 0.15) is 26.2 Å². The third kappa shape index (κ3) is 4.62. The smallest absolute Gasteiger partial charge is 0.251 e. The van der Waals surface area contributed by atoms with Gasteiger partial charge in [-0.15, -0.1) is 0 Å². The molecule has 1 saturated heterocycles. The van der Waals surface area contributed by atoms with Crippen molar-refractivity contribution in [3.8, 4) is 11.5 Å². The van der Waals surface area contributed by atoms with Crippen LogP contribution in [0, 0.1) is 9.49 Å². The van der Waals surface area contributed by atoms with Crippen LogP contribution in [0.15, 0.2) is 28.5 Å². The maximum absolute atomic E-state index is 12.1.